The standard InChI is InChI=1S/C23H28N4O2/c1-15-12-20-21(13-16(15)2)27(23(29)17(3)25-20)11-10-22(28)24-14-18-6-8-19(9-7-18)26(4)5/h6-9,12-13H,10-11,14H2,1-5H3,(H,24,28). The molecule has 6 heteroatoms. The van der Waals surface area contributed by atoms with Gasteiger partial charge >= 0.3 is 0 Å². The zero-order valence-corrected chi connectivity index (χ0v) is 17.7. The van der Waals surface area contributed by atoms with Gasteiger partial charge in [0.1, 0.15) is 5.69 Å². The van der Waals surface area contributed by atoms with E-state index in [4.69, 9.17) is 0 Å². The number of carbonyl (C=O) groups excluding carboxylic acids is 1. The lowest BCUT2D eigenvalue weighted by Gasteiger charge is -2.14. The molecule has 1 amide bonds. The van der Waals surface area contributed by atoms with Gasteiger partial charge in [-0.2, -0.15) is 0 Å². The van der Waals surface area contributed by atoms with Crippen LogP contribution in [0.15, 0.2) is 41.2 Å². The first-order valence-electron chi connectivity index (χ1n) is 9.77. The fourth-order valence-corrected chi connectivity index (χ4v) is 3.26. The summed E-state index contributed by atoms with van der Waals surface area (Å²) < 4.78 is 1.66. The van der Waals surface area contributed by atoms with Crippen molar-refractivity contribution in [2.75, 3.05) is 19.0 Å². The molecule has 0 aliphatic carbocycles. The van der Waals surface area contributed by atoms with Crippen LogP contribution in [0.25, 0.3) is 11.0 Å². The molecule has 0 spiro atoms. The van der Waals surface area contributed by atoms with Crippen LogP contribution >= 0.6 is 0 Å². The van der Waals surface area contributed by atoms with E-state index in [1.54, 1.807) is 11.5 Å². The van der Waals surface area contributed by atoms with Gasteiger partial charge in [0.2, 0.25) is 5.91 Å². The predicted molar refractivity (Wildman–Crippen MR) is 117 cm³/mol. The largest absolute Gasteiger partial charge is 0.378 e. The molecule has 0 radical (unpaired) electrons. The second-order valence-electron chi connectivity index (χ2n) is 7.67. The number of amides is 1. The highest BCUT2D eigenvalue weighted by Gasteiger charge is 2.11. The van der Waals surface area contributed by atoms with Crippen molar-refractivity contribution in [2.24, 2.45) is 0 Å². The molecule has 152 valence electrons. The third-order valence-corrected chi connectivity index (χ3v) is 5.23. The highest BCUT2D eigenvalue weighted by atomic mass is 16.1. The van der Waals surface area contributed by atoms with Gasteiger partial charge in [0, 0.05) is 39.3 Å². The van der Waals surface area contributed by atoms with Gasteiger partial charge in [-0.15, -0.1) is 0 Å². The Labute approximate surface area is 171 Å². The van der Waals surface area contributed by atoms with Crippen LogP contribution in [0.1, 0.15) is 28.8 Å². The molecular weight excluding hydrogens is 364 g/mol. The molecule has 0 unspecified atom stereocenters. The number of nitrogens with one attached hydrogen (secondary N) is 1. The number of aryl methyl sites for hydroxylation is 4. The molecule has 0 bridgehead atoms. The van der Waals surface area contributed by atoms with Crippen LogP contribution in [0, 0.1) is 20.8 Å². The molecule has 1 aromatic heterocycles. The lowest BCUT2D eigenvalue weighted by atomic mass is 10.1. The van der Waals surface area contributed by atoms with E-state index in [-0.39, 0.29) is 17.9 Å². The van der Waals surface area contributed by atoms with E-state index in [1.807, 2.05) is 69.2 Å². The van der Waals surface area contributed by atoms with Gasteiger partial charge in [-0.05, 0) is 61.7 Å². The lowest BCUT2D eigenvalue weighted by molar-refractivity contribution is -0.121. The van der Waals surface area contributed by atoms with E-state index >= 15 is 0 Å². The number of hydrogen-bond donors (Lipinski definition) is 1. The molecule has 0 saturated carbocycles. The Morgan fingerprint density at radius 2 is 1.72 bits per heavy atom. The maximum Gasteiger partial charge on any atom is 0.272 e. The fraction of sp³-hybridized carbons (Fsp3) is 0.348. The topological polar surface area (TPSA) is 67.2 Å². The second-order valence-corrected chi connectivity index (χ2v) is 7.67. The molecular formula is C23H28N4O2. The molecule has 0 aliphatic rings. The molecule has 1 N–H and O–H groups in total. The van der Waals surface area contributed by atoms with Gasteiger partial charge in [-0.25, -0.2) is 4.98 Å². The van der Waals surface area contributed by atoms with E-state index in [2.05, 4.69) is 10.3 Å². The number of aromatic nitrogens is 2. The SMILES string of the molecule is Cc1cc2nc(C)c(=O)n(CCC(=O)NCc3ccc(N(C)C)cc3)c2cc1C. The van der Waals surface area contributed by atoms with Crippen molar-refractivity contribution in [3.05, 3.63) is 69.1 Å². The van der Waals surface area contributed by atoms with Gasteiger partial charge in [0.25, 0.3) is 5.56 Å². The molecule has 0 saturated heterocycles. The van der Waals surface area contributed by atoms with Crippen LogP contribution in [-0.4, -0.2) is 29.6 Å². The zero-order chi connectivity index (χ0) is 21.1. The predicted octanol–water partition coefficient (Wildman–Crippen LogP) is 3.09. The first-order valence-corrected chi connectivity index (χ1v) is 9.77. The van der Waals surface area contributed by atoms with Gasteiger partial charge in [0.05, 0.1) is 11.0 Å². The van der Waals surface area contributed by atoms with Crippen LogP contribution in [0.3, 0.4) is 0 Å². The minimum Gasteiger partial charge on any atom is -0.378 e. The Hall–Kier alpha value is -3.15. The number of anilines is 1. The van der Waals surface area contributed by atoms with Gasteiger partial charge < -0.3 is 14.8 Å². The number of benzene rings is 2. The highest BCUT2D eigenvalue weighted by Crippen LogP contribution is 2.17. The highest BCUT2D eigenvalue weighted by molar-refractivity contribution is 5.78. The van der Waals surface area contributed by atoms with Crippen molar-refractivity contribution < 1.29 is 4.79 Å². The Kier molecular flexibility index (Phi) is 6.01. The first kappa shape index (κ1) is 20.6. The number of fused-ring (bicyclic) bond motifs is 1. The monoisotopic (exact) mass is 392 g/mol. The smallest absolute Gasteiger partial charge is 0.272 e. The minimum absolute atomic E-state index is 0.0833. The third kappa shape index (κ3) is 4.65. The lowest BCUT2D eigenvalue weighted by Crippen LogP contribution is -2.29. The van der Waals surface area contributed by atoms with E-state index < -0.39 is 0 Å². The van der Waals surface area contributed by atoms with E-state index in [0.717, 1.165) is 33.4 Å². The maximum absolute atomic E-state index is 12.6. The molecule has 1 heterocycles. The van der Waals surface area contributed by atoms with Crippen LogP contribution in [0.5, 0.6) is 0 Å². The summed E-state index contributed by atoms with van der Waals surface area (Å²) >= 11 is 0. The summed E-state index contributed by atoms with van der Waals surface area (Å²) in [6.45, 7) is 6.55. The molecule has 3 aromatic rings. The molecule has 0 atom stereocenters. The molecule has 0 fully saturated rings. The quantitative estimate of drug-likeness (QED) is 0.700. The number of nitrogens with zero attached hydrogens (tertiary/aromatic N) is 3. The van der Waals surface area contributed by atoms with Crippen LogP contribution < -0.4 is 15.8 Å². The fourth-order valence-electron chi connectivity index (χ4n) is 3.26. The Morgan fingerprint density at radius 3 is 2.38 bits per heavy atom. The maximum atomic E-state index is 12.6. The summed E-state index contributed by atoms with van der Waals surface area (Å²) in [5.41, 5.74) is 6.24. The number of carbonyl (C=O) groups is 1. The van der Waals surface area contributed by atoms with Gasteiger partial charge in [-0.3, -0.25) is 9.59 Å². The number of hydrogen-bond acceptors (Lipinski definition) is 4. The summed E-state index contributed by atoms with van der Waals surface area (Å²) in [6.07, 6.45) is 0.237. The molecule has 0 aliphatic heterocycles. The average Bonchev–Trinajstić information content (AvgIpc) is 2.69. The molecule has 3 rings (SSSR count). The van der Waals surface area contributed by atoms with Crippen molar-refractivity contribution in [1.82, 2.24) is 14.9 Å². The van der Waals surface area contributed by atoms with Crippen LogP contribution in [-0.2, 0) is 17.9 Å². The average molecular weight is 393 g/mol. The molecule has 2 aromatic carbocycles. The minimum atomic E-state index is -0.146. The summed E-state index contributed by atoms with van der Waals surface area (Å²) in [4.78, 5) is 31.4. The molecule has 6 nitrogen and oxygen atoms in total. The number of rotatable bonds is 6. The van der Waals surface area contributed by atoms with Crippen molar-refractivity contribution in [1.29, 1.82) is 0 Å². The van der Waals surface area contributed by atoms with E-state index in [0.29, 0.717) is 18.8 Å². The van der Waals surface area contributed by atoms with Crippen molar-refractivity contribution in [3.63, 3.8) is 0 Å². The summed E-state index contributed by atoms with van der Waals surface area (Å²) in [5, 5.41) is 2.94. The second kappa shape index (κ2) is 8.47. The Balaban J connectivity index is 1.70. The van der Waals surface area contributed by atoms with Crippen molar-refractivity contribution in [2.45, 2.75) is 40.3 Å². The first-order chi connectivity index (χ1) is 13.8. The van der Waals surface area contributed by atoms with Crippen molar-refractivity contribution >= 4 is 22.6 Å². The van der Waals surface area contributed by atoms with Crippen LogP contribution in [0.4, 0.5) is 5.69 Å². The summed E-state index contributed by atoms with van der Waals surface area (Å²) in [6, 6.07) is 12.0. The third-order valence-electron chi connectivity index (χ3n) is 5.23. The molecule has 29 heavy (non-hydrogen) atoms. The normalized spacial score (nSPS) is 10.9. The summed E-state index contributed by atoms with van der Waals surface area (Å²) in [5.74, 6) is -0.0833. The Bertz CT molecular complexity index is 1100. The van der Waals surface area contributed by atoms with Gasteiger partial charge in [-0.1, -0.05) is 12.1 Å². The van der Waals surface area contributed by atoms with Crippen LogP contribution in [0.2, 0.25) is 0 Å². The van der Waals surface area contributed by atoms with E-state index in [9.17, 15) is 9.59 Å². The summed E-state index contributed by atoms with van der Waals surface area (Å²) in [7, 11) is 3.98. The van der Waals surface area contributed by atoms with E-state index in [1.165, 1.54) is 0 Å². The Morgan fingerprint density at radius 1 is 1.07 bits per heavy atom. The van der Waals surface area contributed by atoms with Crippen molar-refractivity contribution in [3.8, 4) is 0 Å². The zero-order valence-electron chi connectivity index (χ0n) is 17.7. The van der Waals surface area contributed by atoms with Gasteiger partial charge in [0.15, 0.2) is 0 Å².